The van der Waals surface area contributed by atoms with Crippen molar-refractivity contribution in [2.24, 2.45) is 0 Å². The molecule has 0 radical (unpaired) electrons. The predicted molar refractivity (Wildman–Crippen MR) is 80.7 cm³/mol. The van der Waals surface area contributed by atoms with Gasteiger partial charge in [0.1, 0.15) is 5.75 Å². The molecule has 4 nitrogen and oxygen atoms in total. The molecule has 0 atom stereocenters. The van der Waals surface area contributed by atoms with Gasteiger partial charge in [0.05, 0.1) is 18.8 Å². The number of hydrogen-bond donors (Lipinski definition) is 0. The largest absolute Gasteiger partial charge is 0.493 e. The standard InChI is InChI=1S/C17H18O4/c1-3-11-21-14-10-9-12-7-5-6-8-13(12)15(14)16(18)17(19)20-4-2/h5-10H,3-4,11H2,1-2H3. The van der Waals surface area contributed by atoms with E-state index in [1.807, 2.05) is 31.2 Å². The Labute approximate surface area is 123 Å². The highest BCUT2D eigenvalue weighted by Gasteiger charge is 2.24. The molecule has 0 bridgehead atoms. The number of rotatable bonds is 6. The number of carbonyl (C=O) groups is 2. The van der Waals surface area contributed by atoms with Gasteiger partial charge in [-0.15, -0.1) is 0 Å². The Kier molecular flexibility index (Phi) is 4.93. The van der Waals surface area contributed by atoms with E-state index in [2.05, 4.69) is 0 Å². The molecule has 2 rings (SSSR count). The van der Waals surface area contributed by atoms with Crippen molar-refractivity contribution in [2.45, 2.75) is 20.3 Å². The zero-order valence-electron chi connectivity index (χ0n) is 12.2. The second kappa shape index (κ2) is 6.88. The van der Waals surface area contributed by atoms with Crippen molar-refractivity contribution in [1.29, 1.82) is 0 Å². The third-order valence-electron chi connectivity index (χ3n) is 3.04. The number of benzene rings is 2. The highest BCUT2D eigenvalue weighted by Crippen LogP contribution is 2.29. The maximum atomic E-state index is 12.4. The SMILES string of the molecule is CCCOc1ccc2ccccc2c1C(=O)C(=O)OCC. The van der Waals surface area contributed by atoms with Crippen molar-refractivity contribution in [3.05, 3.63) is 42.0 Å². The van der Waals surface area contributed by atoms with E-state index in [1.54, 1.807) is 19.1 Å². The van der Waals surface area contributed by atoms with Crippen LogP contribution in [0, 0.1) is 0 Å². The van der Waals surface area contributed by atoms with Gasteiger partial charge in [0.25, 0.3) is 5.78 Å². The molecular formula is C17H18O4. The highest BCUT2D eigenvalue weighted by atomic mass is 16.5. The summed E-state index contributed by atoms with van der Waals surface area (Å²) in [4.78, 5) is 24.2. The van der Waals surface area contributed by atoms with Crippen LogP contribution in [0.4, 0.5) is 0 Å². The lowest BCUT2D eigenvalue weighted by Crippen LogP contribution is -2.19. The van der Waals surface area contributed by atoms with Crippen LogP contribution in [0.5, 0.6) is 5.75 Å². The lowest BCUT2D eigenvalue weighted by atomic mass is 10.00. The first-order valence-corrected chi connectivity index (χ1v) is 7.05. The van der Waals surface area contributed by atoms with Crippen molar-refractivity contribution in [3.63, 3.8) is 0 Å². The minimum atomic E-state index is -0.852. The molecule has 21 heavy (non-hydrogen) atoms. The van der Waals surface area contributed by atoms with Gasteiger partial charge in [-0.2, -0.15) is 0 Å². The Balaban J connectivity index is 2.55. The Morgan fingerprint density at radius 1 is 1.05 bits per heavy atom. The number of hydrogen-bond acceptors (Lipinski definition) is 4. The summed E-state index contributed by atoms with van der Waals surface area (Å²) in [5.41, 5.74) is 0.278. The van der Waals surface area contributed by atoms with E-state index in [1.165, 1.54) is 0 Å². The van der Waals surface area contributed by atoms with Crippen LogP contribution in [0.2, 0.25) is 0 Å². The Bertz CT molecular complexity index is 661. The molecular weight excluding hydrogens is 268 g/mol. The quantitative estimate of drug-likeness (QED) is 0.464. The second-order valence-electron chi connectivity index (χ2n) is 4.56. The van der Waals surface area contributed by atoms with E-state index in [0.717, 1.165) is 11.8 Å². The highest BCUT2D eigenvalue weighted by molar-refractivity contribution is 6.43. The topological polar surface area (TPSA) is 52.6 Å². The summed E-state index contributed by atoms with van der Waals surface area (Å²) in [6.45, 7) is 4.30. The van der Waals surface area contributed by atoms with Crippen LogP contribution in [0.3, 0.4) is 0 Å². The number of ether oxygens (including phenoxy) is 2. The van der Waals surface area contributed by atoms with E-state index in [4.69, 9.17) is 9.47 Å². The van der Waals surface area contributed by atoms with Gasteiger partial charge in [-0.25, -0.2) is 4.79 Å². The molecule has 2 aromatic rings. The fraction of sp³-hybridized carbons (Fsp3) is 0.294. The van der Waals surface area contributed by atoms with Gasteiger partial charge in [-0.05, 0) is 30.2 Å². The summed E-state index contributed by atoms with van der Waals surface area (Å²) in [6, 6.07) is 11.0. The molecule has 0 spiro atoms. The molecule has 0 saturated heterocycles. The maximum Gasteiger partial charge on any atom is 0.379 e. The van der Waals surface area contributed by atoms with Crippen LogP contribution in [0.1, 0.15) is 30.6 Å². The Morgan fingerprint density at radius 3 is 2.52 bits per heavy atom. The van der Waals surface area contributed by atoms with Crippen LogP contribution in [-0.4, -0.2) is 25.0 Å². The normalized spacial score (nSPS) is 10.4. The van der Waals surface area contributed by atoms with Crippen LogP contribution >= 0.6 is 0 Å². The molecule has 0 aliphatic heterocycles. The molecule has 2 aromatic carbocycles. The molecule has 0 fully saturated rings. The van der Waals surface area contributed by atoms with Crippen LogP contribution < -0.4 is 4.74 Å². The van der Waals surface area contributed by atoms with Gasteiger partial charge in [0.2, 0.25) is 0 Å². The molecule has 0 amide bonds. The van der Waals surface area contributed by atoms with Crippen molar-refractivity contribution in [2.75, 3.05) is 13.2 Å². The summed E-state index contributed by atoms with van der Waals surface area (Å²) in [6.07, 6.45) is 0.819. The van der Waals surface area contributed by atoms with Gasteiger partial charge in [0, 0.05) is 0 Å². The van der Waals surface area contributed by atoms with Gasteiger partial charge in [-0.1, -0.05) is 37.3 Å². The maximum absolute atomic E-state index is 12.4. The predicted octanol–water partition coefficient (Wildman–Crippen LogP) is 3.37. The summed E-state index contributed by atoms with van der Waals surface area (Å²) in [7, 11) is 0. The number of carbonyl (C=O) groups excluding carboxylic acids is 2. The van der Waals surface area contributed by atoms with Gasteiger partial charge >= 0.3 is 5.97 Å². The molecule has 4 heteroatoms. The zero-order valence-corrected chi connectivity index (χ0v) is 12.2. The van der Waals surface area contributed by atoms with Crippen molar-refractivity contribution in [3.8, 4) is 5.75 Å². The van der Waals surface area contributed by atoms with Crippen molar-refractivity contribution >= 4 is 22.5 Å². The number of ketones is 1. The van der Waals surface area contributed by atoms with Gasteiger partial charge in [-0.3, -0.25) is 4.79 Å². The second-order valence-corrected chi connectivity index (χ2v) is 4.56. The molecule has 0 N–H and O–H groups in total. The van der Waals surface area contributed by atoms with E-state index in [9.17, 15) is 9.59 Å². The van der Waals surface area contributed by atoms with Crippen LogP contribution in [-0.2, 0) is 9.53 Å². The Hall–Kier alpha value is -2.36. The number of fused-ring (bicyclic) bond motifs is 1. The fourth-order valence-electron chi connectivity index (χ4n) is 2.12. The lowest BCUT2D eigenvalue weighted by molar-refractivity contribution is -0.137. The first-order valence-electron chi connectivity index (χ1n) is 7.05. The number of Topliss-reactive ketones (excluding diaryl/α,β-unsaturated/α-hetero) is 1. The molecule has 110 valence electrons. The Morgan fingerprint density at radius 2 is 1.81 bits per heavy atom. The van der Waals surface area contributed by atoms with Crippen molar-refractivity contribution < 1.29 is 19.1 Å². The summed E-state index contributed by atoms with van der Waals surface area (Å²) in [5, 5.41) is 1.58. The van der Waals surface area contributed by atoms with Gasteiger partial charge in [0.15, 0.2) is 0 Å². The van der Waals surface area contributed by atoms with Crippen LogP contribution in [0.25, 0.3) is 10.8 Å². The average molecular weight is 286 g/mol. The van der Waals surface area contributed by atoms with Gasteiger partial charge < -0.3 is 9.47 Å². The van der Waals surface area contributed by atoms with E-state index < -0.39 is 11.8 Å². The molecule has 0 unspecified atom stereocenters. The fourth-order valence-corrected chi connectivity index (χ4v) is 2.12. The third-order valence-corrected chi connectivity index (χ3v) is 3.04. The minimum Gasteiger partial charge on any atom is -0.493 e. The first-order chi connectivity index (χ1) is 10.2. The molecule has 0 aliphatic carbocycles. The third kappa shape index (κ3) is 3.21. The smallest absolute Gasteiger partial charge is 0.379 e. The summed E-state index contributed by atoms with van der Waals surface area (Å²) >= 11 is 0. The summed E-state index contributed by atoms with van der Waals surface area (Å²) < 4.78 is 10.4. The first kappa shape index (κ1) is 15.0. The van der Waals surface area contributed by atoms with E-state index in [0.29, 0.717) is 17.7 Å². The lowest BCUT2D eigenvalue weighted by Gasteiger charge is -2.12. The van der Waals surface area contributed by atoms with Crippen molar-refractivity contribution in [1.82, 2.24) is 0 Å². The van der Waals surface area contributed by atoms with E-state index in [-0.39, 0.29) is 12.2 Å². The monoisotopic (exact) mass is 286 g/mol. The molecule has 0 saturated carbocycles. The van der Waals surface area contributed by atoms with E-state index >= 15 is 0 Å². The average Bonchev–Trinajstić information content (AvgIpc) is 2.51. The minimum absolute atomic E-state index is 0.167. The molecule has 0 aromatic heterocycles. The summed E-state index contributed by atoms with van der Waals surface area (Å²) in [5.74, 6) is -1.09. The zero-order chi connectivity index (χ0) is 15.2. The molecule has 0 heterocycles. The van der Waals surface area contributed by atoms with Crippen LogP contribution in [0.15, 0.2) is 36.4 Å². The molecule has 0 aliphatic rings. The number of esters is 1.